The molecule has 8 nitrogen and oxygen atoms in total. The van der Waals surface area contributed by atoms with Crippen molar-refractivity contribution < 1.29 is 39.8 Å². The van der Waals surface area contributed by atoms with Gasteiger partial charge in [-0.1, -0.05) is 30.3 Å². The Morgan fingerprint density at radius 2 is 1.78 bits per heavy atom. The van der Waals surface area contributed by atoms with Crippen LogP contribution in [0.4, 0.5) is 0 Å². The fourth-order valence-electron chi connectivity index (χ4n) is 2.12. The molecule has 1 heterocycles. The minimum atomic E-state index is -1.69. The van der Waals surface area contributed by atoms with Crippen LogP contribution in [0.1, 0.15) is 5.56 Å². The molecule has 0 unspecified atom stereocenters. The predicted octanol–water partition coefficient (Wildman–Crippen LogP) is -1.07. The molecule has 126 valence electrons. The average molecular weight is 326 g/mol. The first-order valence-electron chi connectivity index (χ1n) is 6.91. The van der Waals surface area contributed by atoms with Crippen molar-refractivity contribution >= 4 is 11.7 Å². The molecule has 0 saturated carbocycles. The van der Waals surface area contributed by atoms with E-state index in [1.165, 1.54) is 0 Å². The molecule has 1 aromatic carbocycles. The number of benzene rings is 1. The number of esters is 1. The van der Waals surface area contributed by atoms with Crippen molar-refractivity contribution in [2.75, 3.05) is 6.61 Å². The Balaban J connectivity index is 2.04. The quantitative estimate of drug-likeness (QED) is 0.268. The lowest BCUT2D eigenvalue weighted by atomic mass is 9.99. The van der Waals surface area contributed by atoms with E-state index in [2.05, 4.69) is 0 Å². The Labute approximate surface area is 131 Å². The van der Waals surface area contributed by atoms with E-state index in [0.29, 0.717) is 5.56 Å². The van der Waals surface area contributed by atoms with Crippen LogP contribution in [-0.2, 0) is 14.3 Å². The molecule has 0 aromatic heterocycles. The summed E-state index contributed by atoms with van der Waals surface area (Å²) in [4.78, 5) is 11.8. The summed E-state index contributed by atoms with van der Waals surface area (Å²) in [5, 5.41) is 47.8. The highest BCUT2D eigenvalue weighted by atomic mass is 16.7. The van der Waals surface area contributed by atoms with Crippen LogP contribution in [0.2, 0.25) is 0 Å². The molecule has 0 spiro atoms. The number of hydrogen-bond donors (Lipinski definition) is 5. The first-order chi connectivity index (χ1) is 10.9. The van der Waals surface area contributed by atoms with Crippen LogP contribution in [0.3, 0.4) is 0 Å². The van der Waals surface area contributed by atoms with E-state index in [4.69, 9.17) is 14.6 Å². The number of aliphatic hydroxyl groups excluding tert-OH is 5. The summed E-state index contributed by atoms with van der Waals surface area (Å²) in [5.41, 5.74) is 0.387. The van der Waals surface area contributed by atoms with Gasteiger partial charge in [0.05, 0.1) is 12.7 Å². The first kappa shape index (κ1) is 17.4. The average Bonchev–Trinajstić information content (AvgIpc) is 2.56. The van der Waals surface area contributed by atoms with Gasteiger partial charge in [-0.25, -0.2) is 4.79 Å². The lowest BCUT2D eigenvalue weighted by Crippen LogP contribution is -2.59. The fraction of sp³-hybridized carbons (Fsp3) is 0.400. The molecule has 1 saturated heterocycles. The van der Waals surface area contributed by atoms with Gasteiger partial charge in [0.2, 0.25) is 6.29 Å². The zero-order valence-electron chi connectivity index (χ0n) is 12.0. The second kappa shape index (κ2) is 7.53. The van der Waals surface area contributed by atoms with E-state index >= 15 is 0 Å². The first-order valence-corrected chi connectivity index (χ1v) is 6.91. The Bertz CT molecular complexity index is 556. The lowest BCUT2D eigenvalue weighted by molar-refractivity contribution is -0.291. The number of rotatable bonds is 4. The Hall–Kier alpha value is -1.97. The van der Waals surface area contributed by atoms with Gasteiger partial charge in [0.25, 0.3) is 0 Å². The molecular formula is C15H18O8. The molecular weight excluding hydrogens is 308 g/mol. The van der Waals surface area contributed by atoms with Crippen molar-refractivity contribution in [3.8, 4) is 0 Å². The molecule has 2 rings (SSSR count). The lowest BCUT2D eigenvalue weighted by Gasteiger charge is -2.38. The van der Waals surface area contributed by atoms with Gasteiger partial charge >= 0.3 is 5.97 Å². The van der Waals surface area contributed by atoms with E-state index in [-0.39, 0.29) is 5.76 Å². The topological polar surface area (TPSA) is 137 Å². The summed E-state index contributed by atoms with van der Waals surface area (Å²) in [6.07, 6.45) is -6.86. The summed E-state index contributed by atoms with van der Waals surface area (Å²) in [6, 6.07) is 8.23. The predicted molar refractivity (Wildman–Crippen MR) is 76.9 cm³/mol. The standard InChI is InChI=1S/C15H18O8/c16-7-10-12(19)13(20)14(21)15(22-10)23-11(18)6-9(17)8-4-2-1-3-5-8/h1-6,10,12-17,19-21H,7H2/t10-,12-,13+,14-,15+/m1/s1. The van der Waals surface area contributed by atoms with Crippen molar-refractivity contribution in [3.63, 3.8) is 0 Å². The van der Waals surface area contributed by atoms with Gasteiger partial charge in [0.1, 0.15) is 30.2 Å². The molecule has 0 amide bonds. The molecule has 1 fully saturated rings. The maximum Gasteiger partial charge on any atom is 0.336 e. The van der Waals surface area contributed by atoms with E-state index in [1.54, 1.807) is 30.3 Å². The fourth-order valence-corrected chi connectivity index (χ4v) is 2.12. The van der Waals surface area contributed by atoms with E-state index < -0.39 is 43.3 Å². The monoisotopic (exact) mass is 326 g/mol. The van der Waals surface area contributed by atoms with Crippen molar-refractivity contribution in [1.82, 2.24) is 0 Å². The highest BCUT2D eigenvalue weighted by Gasteiger charge is 2.45. The molecule has 0 bridgehead atoms. The van der Waals surface area contributed by atoms with Crippen LogP contribution in [0.15, 0.2) is 36.4 Å². The SMILES string of the molecule is O=C(C=C(O)c1ccccc1)O[C@@H]1O[C@H](CO)[C@@H](O)[C@H](O)[C@H]1O. The van der Waals surface area contributed by atoms with Crippen molar-refractivity contribution in [1.29, 1.82) is 0 Å². The molecule has 23 heavy (non-hydrogen) atoms. The number of carbonyl (C=O) groups is 1. The minimum absolute atomic E-state index is 0.347. The highest BCUT2D eigenvalue weighted by Crippen LogP contribution is 2.22. The summed E-state index contributed by atoms with van der Waals surface area (Å²) in [5.74, 6) is -1.36. The van der Waals surface area contributed by atoms with Gasteiger partial charge in [-0.3, -0.25) is 0 Å². The molecule has 1 aliphatic rings. The molecule has 0 aliphatic carbocycles. The second-order valence-corrected chi connectivity index (χ2v) is 5.03. The number of ether oxygens (including phenoxy) is 2. The normalized spacial score (nSPS) is 31.7. The Morgan fingerprint density at radius 1 is 1.13 bits per heavy atom. The van der Waals surface area contributed by atoms with E-state index in [1.807, 2.05) is 0 Å². The summed E-state index contributed by atoms with van der Waals surface area (Å²) < 4.78 is 9.84. The number of carbonyl (C=O) groups excluding carboxylic acids is 1. The molecule has 8 heteroatoms. The molecule has 1 aliphatic heterocycles. The van der Waals surface area contributed by atoms with Gasteiger partial charge in [0, 0.05) is 5.56 Å². The third-order valence-electron chi connectivity index (χ3n) is 3.40. The van der Waals surface area contributed by atoms with Gasteiger partial charge < -0.3 is 35.0 Å². The third kappa shape index (κ3) is 4.06. The molecule has 5 atom stereocenters. The van der Waals surface area contributed by atoms with Crippen LogP contribution in [0.5, 0.6) is 0 Å². The van der Waals surface area contributed by atoms with Gasteiger partial charge in [-0.15, -0.1) is 0 Å². The summed E-state index contributed by atoms with van der Waals surface area (Å²) >= 11 is 0. The number of hydrogen-bond acceptors (Lipinski definition) is 8. The van der Waals surface area contributed by atoms with E-state index in [9.17, 15) is 25.2 Å². The van der Waals surface area contributed by atoms with Crippen molar-refractivity contribution in [3.05, 3.63) is 42.0 Å². The van der Waals surface area contributed by atoms with Crippen LogP contribution in [0, 0.1) is 0 Å². The smallest absolute Gasteiger partial charge is 0.336 e. The summed E-state index contributed by atoms with van der Waals surface area (Å²) in [6.45, 7) is -0.635. The minimum Gasteiger partial charge on any atom is -0.507 e. The van der Waals surface area contributed by atoms with Gasteiger partial charge in [0.15, 0.2) is 0 Å². The third-order valence-corrected chi connectivity index (χ3v) is 3.40. The Kier molecular flexibility index (Phi) is 5.69. The van der Waals surface area contributed by atoms with Crippen LogP contribution >= 0.6 is 0 Å². The largest absolute Gasteiger partial charge is 0.507 e. The van der Waals surface area contributed by atoms with Crippen LogP contribution in [-0.4, -0.2) is 68.8 Å². The van der Waals surface area contributed by atoms with Gasteiger partial charge in [-0.2, -0.15) is 0 Å². The van der Waals surface area contributed by atoms with Crippen molar-refractivity contribution in [2.24, 2.45) is 0 Å². The molecule has 0 radical (unpaired) electrons. The zero-order valence-corrected chi connectivity index (χ0v) is 12.0. The van der Waals surface area contributed by atoms with Gasteiger partial charge in [-0.05, 0) is 0 Å². The van der Waals surface area contributed by atoms with E-state index in [0.717, 1.165) is 6.08 Å². The zero-order chi connectivity index (χ0) is 17.0. The Morgan fingerprint density at radius 3 is 2.39 bits per heavy atom. The van der Waals surface area contributed by atoms with Crippen LogP contribution < -0.4 is 0 Å². The highest BCUT2D eigenvalue weighted by molar-refractivity contribution is 5.89. The molecule has 5 N–H and O–H groups in total. The number of aliphatic hydroxyl groups is 5. The second-order valence-electron chi connectivity index (χ2n) is 5.03. The maximum absolute atomic E-state index is 11.8. The van der Waals surface area contributed by atoms with Crippen molar-refractivity contribution in [2.45, 2.75) is 30.7 Å². The van der Waals surface area contributed by atoms with Crippen LogP contribution in [0.25, 0.3) is 5.76 Å². The maximum atomic E-state index is 11.8. The summed E-state index contributed by atoms with van der Waals surface area (Å²) in [7, 11) is 0. The molecule has 1 aromatic rings.